The molecule has 1 saturated heterocycles. The fraction of sp³-hybridized carbons (Fsp3) is 0.467. The van der Waals surface area contributed by atoms with Gasteiger partial charge >= 0.3 is 0 Å². The molecule has 2 rings (SSSR count). The minimum Gasteiger partial charge on any atom is -0.377 e. The van der Waals surface area contributed by atoms with E-state index in [1.807, 2.05) is 12.1 Å². The summed E-state index contributed by atoms with van der Waals surface area (Å²) in [5.41, 5.74) is 0.556. The highest BCUT2D eigenvalue weighted by molar-refractivity contribution is 5.47. The molecule has 1 aliphatic rings. The molecule has 1 aromatic carbocycles. The van der Waals surface area contributed by atoms with Crippen LogP contribution in [0, 0.1) is 5.82 Å². The molecule has 1 fully saturated rings. The van der Waals surface area contributed by atoms with E-state index >= 15 is 0 Å². The molecular formula is C15H21FN2. The first kappa shape index (κ1) is 13.1. The number of nitrogens with one attached hydrogen (secondary N) is 1. The van der Waals surface area contributed by atoms with Gasteiger partial charge in [0.1, 0.15) is 5.82 Å². The second-order valence-corrected chi connectivity index (χ2v) is 5.18. The Bertz CT molecular complexity index is 409. The molecule has 18 heavy (non-hydrogen) atoms. The first-order chi connectivity index (χ1) is 8.65. The predicted octanol–water partition coefficient (Wildman–Crippen LogP) is 3.28. The highest BCUT2D eigenvalue weighted by atomic mass is 19.1. The van der Waals surface area contributed by atoms with E-state index in [-0.39, 0.29) is 11.4 Å². The van der Waals surface area contributed by atoms with Crippen LogP contribution in [-0.2, 0) is 0 Å². The van der Waals surface area contributed by atoms with Gasteiger partial charge in [-0.25, -0.2) is 4.39 Å². The number of likely N-dealkylation sites (tertiary alicyclic amines) is 1. The molecular weight excluding hydrogens is 227 g/mol. The van der Waals surface area contributed by atoms with E-state index in [4.69, 9.17) is 0 Å². The van der Waals surface area contributed by atoms with Crippen molar-refractivity contribution in [3.63, 3.8) is 0 Å². The summed E-state index contributed by atoms with van der Waals surface area (Å²) in [7, 11) is 2.13. The first-order valence-electron chi connectivity index (χ1n) is 6.47. The van der Waals surface area contributed by atoms with Crippen LogP contribution in [0.4, 0.5) is 10.1 Å². The molecule has 0 radical (unpaired) electrons. The van der Waals surface area contributed by atoms with Crippen molar-refractivity contribution >= 4 is 5.69 Å². The molecule has 1 heterocycles. The van der Waals surface area contributed by atoms with E-state index in [0.717, 1.165) is 32.4 Å². The van der Waals surface area contributed by atoms with Crippen LogP contribution in [0.25, 0.3) is 0 Å². The summed E-state index contributed by atoms with van der Waals surface area (Å²) >= 11 is 0. The Labute approximate surface area is 108 Å². The molecule has 1 aliphatic heterocycles. The Morgan fingerprint density at radius 1 is 1.39 bits per heavy atom. The molecule has 1 N–H and O–H groups in total. The number of rotatable bonds is 4. The van der Waals surface area contributed by atoms with Crippen molar-refractivity contribution in [1.82, 2.24) is 4.90 Å². The van der Waals surface area contributed by atoms with Crippen molar-refractivity contribution in [1.29, 1.82) is 0 Å². The zero-order valence-corrected chi connectivity index (χ0v) is 11.0. The van der Waals surface area contributed by atoms with Gasteiger partial charge in [-0.3, -0.25) is 0 Å². The number of piperidine rings is 1. The van der Waals surface area contributed by atoms with Gasteiger partial charge in [0.15, 0.2) is 0 Å². The van der Waals surface area contributed by atoms with Crippen LogP contribution in [0.15, 0.2) is 36.9 Å². The lowest BCUT2D eigenvalue weighted by atomic mass is 9.84. The Balaban J connectivity index is 2.16. The molecule has 0 aliphatic carbocycles. The van der Waals surface area contributed by atoms with Crippen LogP contribution in [0.3, 0.4) is 0 Å². The minimum absolute atomic E-state index is 0.0452. The van der Waals surface area contributed by atoms with Crippen LogP contribution in [0.5, 0.6) is 0 Å². The maximum Gasteiger partial charge on any atom is 0.146 e. The van der Waals surface area contributed by atoms with Gasteiger partial charge in [0.2, 0.25) is 0 Å². The van der Waals surface area contributed by atoms with Crippen molar-refractivity contribution in [3.05, 3.63) is 42.7 Å². The molecule has 0 saturated carbocycles. The third-order valence-corrected chi connectivity index (χ3v) is 3.75. The Hall–Kier alpha value is -1.35. The van der Waals surface area contributed by atoms with E-state index in [1.54, 1.807) is 12.1 Å². The maximum atomic E-state index is 13.7. The van der Waals surface area contributed by atoms with E-state index in [9.17, 15) is 4.39 Å². The van der Waals surface area contributed by atoms with Crippen molar-refractivity contribution in [3.8, 4) is 0 Å². The first-order valence-corrected chi connectivity index (χ1v) is 6.47. The standard InChI is InChI=1S/C15H21FN2/c1-3-8-15(9-11-18(2)12-10-15)17-14-7-5-4-6-13(14)16/h3-7,17H,1,8-12H2,2H3. The second kappa shape index (κ2) is 5.53. The SMILES string of the molecule is C=CCC1(Nc2ccccc2F)CCN(C)CC1. The van der Waals surface area contributed by atoms with E-state index < -0.39 is 0 Å². The summed E-state index contributed by atoms with van der Waals surface area (Å²) in [6.45, 7) is 5.91. The molecule has 0 aromatic heterocycles. The second-order valence-electron chi connectivity index (χ2n) is 5.18. The van der Waals surface area contributed by atoms with Gasteiger partial charge in [0.05, 0.1) is 5.69 Å². The summed E-state index contributed by atoms with van der Waals surface area (Å²) < 4.78 is 13.7. The fourth-order valence-electron chi connectivity index (χ4n) is 2.55. The van der Waals surface area contributed by atoms with Gasteiger partial charge in [-0.15, -0.1) is 6.58 Å². The predicted molar refractivity (Wildman–Crippen MR) is 74.3 cm³/mol. The Morgan fingerprint density at radius 2 is 2.06 bits per heavy atom. The number of para-hydroxylation sites is 1. The molecule has 0 unspecified atom stereocenters. The molecule has 3 heteroatoms. The van der Waals surface area contributed by atoms with E-state index in [1.165, 1.54) is 6.07 Å². The highest BCUT2D eigenvalue weighted by Gasteiger charge is 2.32. The van der Waals surface area contributed by atoms with Gasteiger partial charge in [-0.2, -0.15) is 0 Å². The molecule has 0 atom stereocenters. The van der Waals surface area contributed by atoms with Crippen LogP contribution >= 0.6 is 0 Å². The lowest BCUT2D eigenvalue weighted by Gasteiger charge is -2.41. The van der Waals surface area contributed by atoms with Gasteiger partial charge < -0.3 is 10.2 Å². The molecule has 0 bridgehead atoms. The monoisotopic (exact) mass is 248 g/mol. The Morgan fingerprint density at radius 3 is 2.67 bits per heavy atom. The molecule has 0 amide bonds. The van der Waals surface area contributed by atoms with Gasteiger partial charge in [0, 0.05) is 18.6 Å². The van der Waals surface area contributed by atoms with Crippen molar-refractivity contribution < 1.29 is 4.39 Å². The number of anilines is 1. The van der Waals surface area contributed by atoms with Crippen LogP contribution < -0.4 is 5.32 Å². The summed E-state index contributed by atoms with van der Waals surface area (Å²) in [6, 6.07) is 6.88. The lowest BCUT2D eigenvalue weighted by Crippen LogP contribution is -2.48. The summed E-state index contributed by atoms with van der Waals surface area (Å²) in [5, 5.41) is 3.41. The third-order valence-electron chi connectivity index (χ3n) is 3.75. The summed E-state index contributed by atoms with van der Waals surface area (Å²) in [6.07, 6.45) is 4.84. The number of benzene rings is 1. The smallest absolute Gasteiger partial charge is 0.146 e. The van der Waals surface area contributed by atoms with Gasteiger partial charge in [-0.1, -0.05) is 18.2 Å². The summed E-state index contributed by atoms with van der Waals surface area (Å²) in [5.74, 6) is -0.181. The number of halogens is 1. The minimum atomic E-state index is -0.181. The van der Waals surface area contributed by atoms with Crippen LogP contribution in [-0.4, -0.2) is 30.6 Å². The van der Waals surface area contributed by atoms with E-state index in [0.29, 0.717) is 5.69 Å². The topological polar surface area (TPSA) is 15.3 Å². The van der Waals surface area contributed by atoms with Crippen molar-refractivity contribution in [2.75, 3.05) is 25.5 Å². The normalized spacial score (nSPS) is 19.4. The zero-order valence-electron chi connectivity index (χ0n) is 11.0. The van der Waals surface area contributed by atoms with Gasteiger partial charge in [-0.05, 0) is 38.4 Å². The molecule has 0 spiro atoms. The largest absolute Gasteiger partial charge is 0.377 e. The highest BCUT2D eigenvalue weighted by Crippen LogP contribution is 2.31. The fourth-order valence-corrected chi connectivity index (χ4v) is 2.55. The van der Waals surface area contributed by atoms with Crippen LogP contribution in [0.1, 0.15) is 19.3 Å². The van der Waals surface area contributed by atoms with Crippen molar-refractivity contribution in [2.24, 2.45) is 0 Å². The molecule has 1 aromatic rings. The summed E-state index contributed by atoms with van der Waals surface area (Å²) in [4.78, 5) is 2.31. The molecule has 2 nitrogen and oxygen atoms in total. The zero-order chi connectivity index (χ0) is 13.0. The number of hydrogen-bond acceptors (Lipinski definition) is 2. The van der Waals surface area contributed by atoms with Crippen LogP contribution in [0.2, 0.25) is 0 Å². The average Bonchev–Trinajstić information content (AvgIpc) is 2.36. The third kappa shape index (κ3) is 2.91. The quantitative estimate of drug-likeness (QED) is 0.823. The number of nitrogens with zero attached hydrogens (tertiary/aromatic N) is 1. The Kier molecular flexibility index (Phi) is 4.02. The van der Waals surface area contributed by atoms with E-state index in [2.05, 4.69) is 23.8 Å². The van der Waals surface area contributed by atoms with Gasteiger partial charge in [0.25, 0.3) is 0 Å². The maximum absolute atomic E-state index is 13.7. The number of hydrogen-bond donors (Lipinski definition) is 1. The van der Waals surface area contributed by atoms with Crippen molar-refractivity contribution in [2.45, 2.75) is 24.8 Å². The molecule has 98 valence electrons. The lowest BCUT2D eigenvalue weighted by molar-refractivity contribution is 0.205. The average molecular weight is 248 g/mol.